The Morgan fingerprint density at radius 3 is 1.76 bits per heavy atom. The van der Waals surface area contributed by atoms with E-state index < -0.39 is 42.3 Å². The van der Waals surface area contributed by atoms with Gasteiger partial charge in [0.05, 0.1) is 18.4 Å². The first kappa shape index (κ1) is 16.2. The lowest BCUT2D eigenvalue weighted by Crippen LogP contribution is -2.47. The number of rotatable bonds is 7. The van der Waals surface area contributed by atoms with Gasteiger partial charge in [-0.3, -0.25) is 9.59 Å². The van der Waals surface area contributed by atoms with Crippen LogP contribution in [0.1, 0.15) is 23.2 Å². The molecule has 1 rings (SSSR count). The van der Waals surface area contributed by atoms with Gasteiger partial charge in [0.2, 0.25) is 5.60 Å². The summed E-state index contributed by atoms with van der Waals surface area (Å²) in [7, 11) is 0. The number of hydrogen-bond acceptors (Lipinski definition) is 5. The van der Waals surface area contributed by atoms with Crippen molar-refractivity contribution in [3.05, 3.63) is 35.9 Å². The van der Waals surface area contributed by atoms with E-state index in [2.05, 4.69) is 0 Å². The van der Waals surface area contributed by atoms with Gasteiger partial charge in [0.15, 0.2) is 0 Å². The molecule has 0 atom stereocenters. The van der Waals surface area contributed by atoms with Crippen molar-refractivity contribution in [2.24, 2.45) is 0 Å². The molecular weight excluding hydrogens is 284 g/mol. The molecule has 112 valence electrons. The summed E-state index contributed by atoms with van der Waals surface area (Å²) in [5.41, 5.74) is -2.68. The molecule has 8 nitrogen and oxygen atoms in total. The van der Waals surface area contributed by atoms with Gasteiger partial charge in [-0.15, -0.1) is 0 Å². The first-order chi connectivity index (χ1) is 9.77. The molecule has 0 saturated carbocycles. The molecule has 0 spiro atoms. The van der Waals surface area contributed by atoms with Crippen LogP contribution in [-0.2, 0) is 19.1 Å². The molecule has 0 amide bonds. The highest BCUT2D eigenvalue weighted by atomic mass is 16.6. The standard InChI is InChI=1S/C13H12O8/c14-9(15)6-13(12(19)20,7-10(16)17)21-11(18)8-4-2-1-3-5-8/h1-5H,6-7H2,(H,14,15)(H,16,17)(H,19,20). The van der Waals surface area contributed by atoms with Crippen LogP contribution < -0.4 is 0 Å². The van der Waals surface area contributed by atoms with E-state index >= 15 is 0 Å². The Labute approximate surface area is 118 Å². The Hall–Kier alpha value is -2.90. The molecule has 0 unspecified atom stereocenters. The average Bonchev–Trinajstić information content (AvgIpc) is 2.37. The molecule has 0 heterocycles. The van der Waals surface area contributed by atoms with Crippen molar-refractivity contribution in [2.75, 3.05) is 0 Å². The van der Waals surface area contributed by atoms with Crippen LogP contribution in [0, 0.1) is 0 Å². The van der Waals surface area contributed by atoms with Crippen LogP contribution in [0.4, 0.5) is 0 Å². The zero-order valence-corrected chi connectivity index (χ0v) is 10.7. The number of hydrogen-bond donors (Lipinski definition) is 3. The van der Waals surface area contributed by atoms with Crippen molar-refractivity contribution >= 4 is 23.9 Å². The van der Waals surface area contributed by atoms with E-state index in [0.717, 1.165) is 0 Å². The number of carboxylic acids is 3. The van der Waals surface area contributed by atoms with Gasteiger partial charge in [0.25, 0.3) is 0 Å². The highest BCUT2D eigenvalue weighted by Crippen LogP contribution is 2.24. The maximum absolute atomic E-state index is 11.9. The van der Waals surface area contributed by atoms with Crippen LogP contribution in [0.5, 0.6) is 0 Å². The number of carboxylic acid groups (broad SMARTS) is 3. The summed E-state index contributed by atoms with van der Waals surface area (Å²) in [6.45, 7) is 0. The van der Waals surface area contributed by atoms with Crippen molar-refractivity contribution in [3.8, 4) is 0 Å². The fraction of sp³-hybridized carbons (Fsp3) is 0.231. The van der Waals surface area contributed by atoms with Gasteiger partial charge < -0.3 is 20.1 Å². The van der Waals surface area contributed by atoms with E-state index in [9.17, 15) is 19.2 Å². The van der Waals surface area contributed by atoms with Gasteiger partial charge in [-0.05, 0) is 12.1 Å². The number of benzene rings is 1. The summed E-state index contributed by atoms with van der Waals surface area (Å²) < 4.78 is 4.71. The molecule has 3 N–H and O–H groups in total. The van der Waals surface area contributed by atoms with Crippen LogP contribution >= 0.6 is 0 Å². The van der Waals surface area contributed by atoms with Crippen molar-refractivity contribution in [3.63, 3.8) is 0 Å². The molecule has 21 heavy (non-hydrogen) atoms. The molecule has 8 heteroatoms. The SMILES string of the molecule is O=C(O)CC(CC(=O)O)(OC(=O)c1ccccc1)C(=O)O. The molecule has 0 radical (unpaired) electrons. The first-order valence-corrected chi connectivity index (χ1v) is 5.72. The Balaban J connectivity index is 3.11. The van der Waals surface area contributed by atoms with E-state index in [-0.39, 0.29) is 5.56 Å². The summed E-state index contributed by atoms with van der Waals surface area (Å²) >= 11 is 0. The molecule has 0 aliphatic rings. The van der Waals surface area contributed by atoms with Crippen LogP contribution in [-0.4, -0.2) is 44.8 Å². The molecule has 1 aromatic carbocycles. The molecule has 0 saturated heterocycles. The van der Waals surface area contributed by atoms with Gasteiger partial charge in [-0.25, -0.2) is 9.59 Å². The van der Waals surface area contributed by atoms with Gasteiger partial charge in [0.1, 0.15) is 0 Å². The van der Waals surface area contributed by atoms with Crippen molar-refractivity contribution in [2.45, 2.75) is 18.4 Å². The first-order valence-electron chi connectivity index (χ1n) is 5.72. The maximum atomic E-state index is 11.9. The number of ether oxygens (including phenoxy) is 1. The monoisotopic (exact) mass is 296 g/mol. The second kappa shape index (κ2) is 6.51. The van der Waals surface area contributed by atoms with E-state index in [0.29, 0.717) is 0 Å². The molecule has 0 fully saturated rings. The Bertz CT molecular complexity index is 547. The summed E-state index contributed by atoms with van der Waals surface area (Å²) in [4.78, 5) is 44.7. The highest BCUT2D eigenvalue weighted by molar-refractivity contribution is 5.95. The number of carbonyl (C=O) groups excluding carboxylic acids is 1. The van der Waals surface area contributed by atoms with Crippen LogP contribution in [0.2, 0.25) is 0 Å². The molecule has 1 aromatic rings. The van der Waals surface area contributed by atoms with Crippen molar-refractivity contribution < 1.29 is 39.2 Å². The van der Waals surface area contributed by atoms with Gasteiger partial charge >= 0.3 is 23.9 Å². The summed E-state index contributed by atoms with van der Waals surface area (Å²) in [5.74, 6) is -6.14. The maximum Gasteiger partial charge on any atom is 0.349 e. The second-order valence-electron chi connectivity index (χ2n) is 4.20. The van der Waals surface area contributed by atoms with E-state index in [4.69, 9.17) is 20.1 Å². The van der Waals surface area contributed by atoms with E-state index in [1.54, 1.807) is 6.07 Å². The Kier molecular flexibility index (Phi) is 5.01. The van der Waals surface area contributed by atoms with Crippen LogP contribution in [0.3, 0.4) is 0 Å². The minimum Gasteiger partial charge on any atom is -0.481 e. The third-order valence-electron chi connectivity index (χ3n) is 2.56. The average molecular weight is 296 g/mol. The fourth-order valence-corrected chi connectivity index (χ4v) is 1.63. The zero-order valence-electron chi connectivity index (χ0n) is 10.7. The van der Waals surface area contributed by atoms with E-state index in [1.165, 1.54) is 24.3 Å². The van der Waals surface area contributed by atoms with Crippen molar-refractivity contribution in [1.29, 1.82) is 0 Å². The number of carbonyl (C=O) groups is 4. The fourth-order valence-electron chi connectivity index (χ4n) is 1.63. The predicted octanol–water partition coefficient (Wildman–Crippen LogP) is 0.616. The quantitative estimate of drug-likeness (QED) is 0.622. The van der Waals surface area contributed by atoms with Crippen molar-refractivity contribution in [1.82, 2.24) is 0 Å². The van der Waals surface area contributed by atoms with E-state index in [1.807, 2.05) is 0 Å². The topological polar surface area (TPSA) is 138 Å². The third-order valence-corrected chi connectivity index (χ3v) is 2.56. The predicted molar refractivity (Wildman–Crippen MR) is 66.7 cm³/mol. The van der Waals surface area contributed by atoms with Gasteiger partial charge in [0, 0.05) is 0 Å². The summed E-state index contributed by atoms with van der Waals surface area (Å²) in [6.07, 6.45) is -2.32. The molecule has 0 aliphatic heterocycles. The number of aliphatic carboxylic acids is 3. The number of esters is 1. The molecule has 0 aromatic heterocycles. The van der Waals surface area contributed by atoms with Gasteiger partial charge in [-0.1, -0.05) is 18.2 Å². The minimum atomic E-state index is -2.66. The smallest absolute Gasteiger partial charge is 0.349 e. The molecular formula is C13H12O8. The van der Waals surface area contributed by atoms with Crippen LogP contribution in [0.15, 0.2) is 30.3 Å². The minimum absolute atomic E-state index is 0.0149. The van der Waals surface area contributed by atoms with Crippen LogP contribution in [0.25, 0.3) is 0 Å². The largest absolute Gasteiger partial charge is 0.481 e. The Morgan fingerprint density at radius 1 is 0.905 bits per heavy atom. The molecule has 0 aliphatic carbocycles. The normalized spacial score (nSPS) is 10.7. The van der Waals surface area contributed by atoms with Gasteiger partial charge in [-0.2, -0.15) is 0 Å². The summed E-state index contributed by atoms with van der Waals surface area (Å²) in [6, 6.07) is 7.25. The third kappa shape index (κ3) is 4.30. The highest BCUT2D eigenvalue weighted by Gasteiger charge is 2.47. The molecule has 0 bridgehead atoms. The lowest BCUT2D eigenvalue weighted by Gasteiger charge is -2.26. The zero-order chi connectivity index (χ0) is 16.0. The lowest BCUT2D eigenvalue weighted by molar-refractivity contribution is -0.171. The Morgan fingerprint density at radius 2 is 1.38 bits per heavy atom. The summed E-state index contributed by atoms with van der Waals surface area (Å²) in [5, 5.41) is 26.6. The lowest BCUT2D eigenvalue weighted by atomic mass is 9.95. The second-order valence-corrected chi connectivity index (χ2v) is 4.20.